The van der Waals surface area contributed by atoms with Gasteiger partial charge in [-0.15, -0.1) is 0 Å². The van der Waals surface area contributed by atoms with Gasteiger partial charge >= 0.3 is 5.97 Å². The Kier molecular flexibility index (Phi) is 6.01. The number of benzene rings is 2. The van der Waals surface area contributed by atoms with Crippen LogP contribution in [-0.2, 0) is 0 Å². The van der Waals surface area contributed by atoms with E-state index in [4.69, 9.17) is 5.11 Å². The van der Waals surface area contributed by atoms with Crippen LogP contribution in [0.2, 0.25) is 0 Å². The molecule has 2 aromatic rings. The molecule has 0 spiro atoms. The standard InChI is InChI=1S/C16H13NO4.CH4/c18-14(11-6-2-1-3-7-11)10-17-15(19)12-8-4-5-9-13(12)16(20)21;/h1-9H,10H2,(H,17,19)(H,20,21);1H4. The molecule has 0 aliphatic carbocycles. The number of aromatic carboxylic acids is 1. The molecule has 22 heavy (non-hydrogen) atoms. The first-order valence-electron chi connectivity index (χ1n) is 6.28. The Morgan fingerprint density at radius 3 is 2.00 bits per heavy atom. The van der Waals surface area contributed by atoms with E-state index in [2.05, 4.69) is 5.32 Å². The average molecular weight is 299 g/mol. The van der Waals surface area contributed by atoms with Crippen molar-refractivity contribution < 1.29 is 19.5 Å². The Hall–Kier alpha value is -2.95. The smallest absolute Gasteiger partial charge is 0.336 e. The molecule has 0 bridgehead atoms. The first-order chi connectivity index (χ1) is 10.1. The molecule has 0 heterocycles. The average Bonchev–Trinajstić information content (AvgIpc) is 2.53. The summed E-state index contributed by atoms with van der Waals surface area (Å²) in [5.41, 5.74) is 0.428. The largest absolute Gasteiger partial charge is 0.478 e. The van der Waals surface area contributed by atoms with E-state index in [-0.39, 0.29) is 30.9 Å². The second kappa shape index (κ2) is 7.73. The molecule has 0 aromatic heterocycles. The van der Waals surface area contributed by atoms with Crippen LogP contribution in [0, 0.1) is 0 Å². The molecule has 0 aliphatic heterocycles. The number of carbonyl (C=O) groups is 3. The van der Waals surface area contributed by atoms with Crippen molar-refractivity contribution in [2.24, 2.45) is 0 Å². The highest BCUT2D eigenvalue weighted by atomic mass is 16.4. The van der Waals surface area contributed by atoms with Crippen LogP contribution in [0.1, 0.15) is 38.5 Å². The Bertz CT molecular complexity index is 680. The van der Waals surface area contributed by atoms with E-state index in [0.717, 1.165) is 0 Å². The van der Waals surface area contributed by atoms with Gasteiger partial charge in [-0.3, -0.25) is 9.59 Å². The third-order valence-corrected chi connectivity index (χ3v) is 2.91. The topological polar surface area (TPSA) is 83.5 Å². The minimum atomic E-state index is -1.19. The molecule has 1 amide bonds. The summed E-state index contributed by atoms with van der Waals surface area (Å²) < 4.78 is 0. The molecule has 2 rings (SSSR count). The molecule has 0 radical (unpaired) electrons. The molecule has 0 aliphatic rings. The number of nitrogens with one attached hydrogen (secondary N) is 1. The second-order valence-electron chi connectivity index (χ2n) is 4.32. The zero-order chi connectivity index (χ0) is 15.2. The molecule has 2 N–H and O–H groups in total. The fraction of sp³-hybridized carbons (Fsp3) is 0.118. The normalized spacial score (nSPS) is 9.45. The molecule has 0 unspecified atom stereocenters. The Labute approximate surface area is 128 Å². The van der Waals surface area contributed by atoms with E-state index < -0.39 is 11.9 Å². The molecule has 0 saturated carbocycles. The lowest BCUT2D eigenvalue weighted by molar-refractivity contribution is 0.0691. The third kappa shape index (κ3) is 4.02. The number of amides is 1. The van der Waals surface area contributed by atoms with Gasteiger partial charge < -0.3 is 10.4 Å². The van der Waals surface area contributed by atoms with Crippen LogP contribution in [0.5, 0.6) is 0 Å². The van der Waals surface area contributed by atoms with Crippen molar-refractivity contribution in [2.45, 2.75) is 7.43 Å². The highest BCUT2D eigenvalue weighted by molar-refractivity contribution is 6.07. The van der Waals surface area contributed by atoms with Gasteiger partial charge in [0.25, 0.3) is 5.91 Å². The summed E-state index contributed by atoms with van der Waals surface area (Å²) in [6.07, 6.45) is 0. The number of Topliss-reactive ketones (excluding diaryl/α,β-unsaturated/α-hetero) is 1. The molecule has 0 fully saturated rings. The maximum Gasteiger partial charge on any atom is 0.336 e. The summed E-state index contributed by atoms with van der Waals surface area (Å²) in [5, 5.41) is 11.5. The quantitative estimate of drug-likeness (QED) is 0.831. The zero-order valence-electron chi connectivity index (χ0n) is 11.1. The van der Waals surface area contributed by atoms with Gasteiger partial charge in [-0.2, -0.15) is 0 Å². The number of ketones is 1. The zero-order valence-corrected chi connectivity index (χ0v) is 11.1. The van der Waals surface area contributed by atoms with Crippen molar-refractivity contribution in [3.05, 3.63) is 71.3 Å². The number of hydrogen-bond acceptors (Lipinski definition) is 3. The highest BCUT2D eigenvalue weighted by Gasteiger charge is 2.16. The monoisotopic (exact) mass is 299 g/mol. The number of carboxylic acids is 1. The summed E-state index contributed by atoms with van der Waals surface area (Å²) >= 11 is 0. The SMILES string of the molecule is C.O=C(CNC(=O)c1ccccc1C(=O)O)c1ccccc1. The maximum absolute atomic E-state index is 12.0. The lowest BCUT2D eigenvalue weighted by atomic mass is 10.1. The van der Waals surface area contributed by atoms with E-state index in [1.165, 1.54) is 18.2 Å². The molecular weight excluding hydrogens is 282 g/mol. The predicted molar refractivity (Wildman–Crippen MR) is 83.2 cm³/mol. The van der Waals surface area contributed by atoms with Crippen LogP contribution in [0.4, 0.5) is 0 Å². The van der Waals surface area contributed by atoms with Crippen molar-refractivity contribution >= 4 is 17.7 Å². The Balaban J connectivity index is 0.00000242. The van der Waals surface area contributed by atoms with E-state index in [1.807, 2.05) is 0 Å². The fourth-order valence-electron chi connectivity index (χ4n) is 1.85. The Morgan fingerprint density at radius 2 is 1.41 bits per heavy atom. The number of carbonyl (C=O) groups excluding carboxylic acids is 2. The summed E-state index contributed by atoms with van der Waals surface area (Å²) in [7, 11) is 0. The first-order valence-corrected chi connectivity index (χ1v) is 6.28. The van der Waals surface area contributed by atoms with Gasteiger partial charge in [0, 0.05) is 5.56 Å². The third-order valence-electron chi connectivity index (χ3n) is 2.91. The molecule has 2 aromatic carbocycles. The van der Waals surface area contributed by atoms with Gasteiger partial charge in [0.05, 0.1) is 17.7 Å². The van der Waals surface area contributed by atoms with Crippen molar-refractivity contribution in [2.75, 3.05) is 6.54 Å². The number of rotatable bonds is 5. The van der Waals surface area contributed by atoms with E-state index in [0.29, 0.717) is 5.56 Å². The first kappa shape index (κ1) is 17.1. The minimum absolute atomic E-state index is 0. The summed E-state index contributed by atoms with van der Waals surface area (Å²) in [5.74, 6) is -2.01. The fourth-order valence-corrected chi connectivity index (χ4v) is 1.85. The summed E-state index contributed by atoms with van der Waals surface area (Å²) in [4.78, 5) is 34.9. The van der Waals surface area contributed by atoms with Crippen LogP contribution in [0.3, 0.4) is 0 Å². The minimum Gasteiger partial charge on any atom is -0.478 e. The van der Waals surface area contributed by atoms with Crippen molar-refractivity contribution in [1.29, 1.82) is 0 Å². The molecule has 0 atom stereocenters. The second-order valence-corrected chi connectivity index (χ2v) is 4.32. The van der Waals surface area contributed by atoms with Gasteiger partial charge in [-0.25, -0.2) is 4.79 Å². The molecular formula is C17H17NO4. The number of carboxylic acid groups (broad SMARTS) is 1. The summed E-state index contributed by atoms with van der Waals surface area (Å²) in [6.45, 7) is -0.184. The maximum atomic E-state index is 12.0. The highest BCUT2D eigenvalue weighted by Crippen LogP contribution is 2.08. The van der Waals surface area contributed by atoms with Crippen LogP contribution in [0.15, 0.2) is 54.6 Å². The van der Waals surface area contributed by atoms with Gasteiger partial charge in [-0.05, 0) is 12.1 Å². The number of hydrogen-bond donors (Lipinski definition) is 2. The van der Waals surface area contributed by atoms with E-state index >= 15 is 0 Å². The molecule has 5 nitrogen and oxygen atoms in total. The van der Waals surface area contributed by atoms with Crippen LogP contribution < -0.4 is 5.32 Å². The van der Waals surface area contributed by atoms with Crippen LogP contribution in [0.25, 0.3) is 0 Å². The Morgan fingerprint density at radius 1 is 0.864 bits per heavy atom. The van der Waals surface area contributed by atoms with E-state index in [1.54, 1.807) is 36.4 Å². The molecule has 114 valence electrons. The van der Waals surface area contributed by atoms with Crippen molar-refractivity contribution in [1.82, 2.24) is 5.32 Å². The molecule has 0 saturated heterocycles. The summed E-state index contributed by atoms with van der Waals surface area (Å²) in [6, 6.07) is 14.4. The van der Waals surface area contributed by atoms with Gasteiger partial charge in [0.15, 0.2) is 5.78 Å². The van der Waals surface area contributed by atoms with Gasteiger partial charge in [0.1, 0.15) is 0 Å². The lowest BCUT2D eigenvalue weighted by Crippen LogP contribution is -2.30. The lowest BCUT2D eigenvalue weighted by Gasteiger charge is -2.07. The van der Waals surface area contributed by atoms with Crippen LogP contribution in [-0.4, -0.2) is 29.3 Å². The van der Waals surface area contributed by atoms with E-state index in [9.17, 15) is 14.4 Å². The van der Waals surface area contributed by atoms with Crippen molar-refractivity contribution in [3.8, 4) is 0 Å². The van der Waals surface area contributed by atoms with Gasteiger partial charge in [0.2, 0.25) is 0 Å². The molecule has 5 heteroatoms. The van der Waals surface area contributed by atoms with Gasteiger partial charge in [-0.1, -0.05) is 49.9 Å². The van der Waals surface area contributed by atoms with Crippen LogP contribution >= 0.6 is 0 Å². The predicted octanol–water partition coefficient (Wildman–Crippen LogP) is 2.63. The van der Waals surface area contributed by atoms with Crippen molar-refractivity contribution in [3.63, 3.8) is 0 Å².